The smallest absolute Gasteiger partial charge is 0.358 e. The molecule has 0 fully saturated rings. The number of hydrogen-bond acceptors (Lipinski definition) is 7. The number of carbonyl (C=O) groups is 3. The van der Waals surface area contributed by atoms with Crippen LogP contribution in [-0.4, -0.2) is 42.5 Å². The summed E-state index contributed by atoms with van der Waals surface area (Å²) in [6.07, 6.45) is 1.42. The van der Waals surface area contributed by atoms with Gasteiger partial charge in [-0.25, -0.2) is 9.78 Å². The minimum Gasteiger partial charge on any atom is -0.461 e. The Morgan fingerprint density at radius 2 is 1.94 bits per heavy atom. The molecule has 0 aliphatic carbocycles. The molecule has 0 spiro atoms. The molecule has 3 rings (SSSR count). The first-order chi connectivity index (χ1) is 16.0. The number of hydrogen-bond donors (Lipinski definition) is 1. The van der Waals surface area contributed by atoms with E-state index in [4.69, 9.17) is 4.74 Å². The molecule has 3 aromatic rings. The van der Waals surface area contributed by atoms with Crippen LogP contribution in [0.1, 0.15) is 51.1 Å². The molecule has 0 aliphatic rings. The van der Waals surface area contributed by atoms with E-state index in [-0.39, 0.29) is 30.5 Å². The number of benzene rings is 1. The van der Waals surface area contributed by atoms with Crippen molar-refractivity contribution in [2.24, 2.45) is 0 Å². The van der Waals surface area contributed by atoms with Gasteiger partial charge in [-0.2, -0.15) is 11.3 Å². The van der Waals surface area contributed by atoms with Crippen molar-refractivity contribution in [2.45, 2.75) is 33.1 Å². The molecule has 2 heterocycles. The van der Waals surface area contributed by atoms with Crippen LogP contribution in [-0.2, 0) is 16.0 Å². The van der Waals surface area contributed by atoms with Crippen LogP contribution in [0.2, 0.25) is 0 Å². The van der Waals surface area contributed by atoms with E-state index in [0.29, 0.717) is 41.5 Å². The predicted molar refractivity (Wildman–Crippen MR) is 131 cm³/mol. The van der Waals surface area contributed by atoms with Crippen molar-refractivity contribution in [3.05, 3.63) is 68.9 Å². The van der Waals surface area contributed by atoms with Crippen molar-refractivity contribution in [2.75, 3.05) is 24.6 Å². The highest BCUT2D eigenvalue weighted by Gasteiger charge is 2.23. The van der Waals surface area contributed by atoms with Gasteiger partial charge in [-0.3, -0.25) is 14.5 Å². The Bertz CT molecular complexity index is 1060. The van der Waals surface area contributed by atoms with Gasteiger partial charge in [0, 0.05) is 35.3 Å². The van der Waals surface area contributed by atoms with Crippen LogP contribution in [0.4, 0.5) is 5.13 Å². The van der Waals surface area contributed by atoms with E-state index in [1.165, 1.54) is 22.7 Å². The Morgan fingerprint density at radius 1 is 1.15 bits per heavy atom. The summed E-state index contributed by atoms with van der Waals surface area (Å²) in [5, 5.41) is 6.97. The highest BCUT2D eigenvalue weighted by Crippen LogP contribution is 2.27. The number of nitrogens with one attached hydrogen (secondary N) is 1. The standard InChI is InChI=1S/C24H27N3O4S2/c1-3-31-23(30)21-17(2)33-24(26-21)27(14-11-18-8-5-4-6-9-18)20(28)10-7-13-25-22(29)19-12-15-32-16-19/h4-6,8-9,12,15-16H,3,7,10-11,13-14H2,1-2H3,(H,25,29). The van der Waals surface area contributed by atoms with E-state index in [1.807, 2.05) is 35.7 Å². The van der Waals surface area contributed by atoms with E-state index in [0.717, 1.165) is 5.56 Å². The number of amides is 2. The number of anilines is 1. The van der Waals surface area contributed by atoms with Gasteiger partial charge in [-0.1, -0.05) is 30.3 Å². The fourth-order valence-corrected chi connectivity index (χ4v) is 4.75. The van der Waals surface area contributed by atoms with Gasteiger partial charge in [-0.15, -0.1) is 11.3 Å². The van der Waals surface area contributed by atoms with Gasteiger partial charge < -0.3 is 10.1 Å². The summed E-state index contributed by atoms with van der Waals surface area (Å²) in [5.41, 5.74) is 1.98. The lowest BCUT2D eigenvalue weighted by molar-refractivity contribution is -0.118. The SMILES string of the molecule is CCOC(=O)c1nc(N(CCc2ccccc2)C(=O)CCCNC(=O)c2ccsc2)sc1C. The molecule has 9 heteroatoms. The molecule has 33 heavy (non-hydrogen) atoms. The highest BCUT2D eigenvalue weighted by atomic mass is 32.1. The molecule has 0 saturated heterocycles. The second-order valence-electron chi connectivity index (χ2n) is 7.27. The zero-order valence-corrected chi connectivity index (χ0v) is 20.3. The van der Waals surface area contributed by atoms with E-state index >= 15 is 0 Å². The molecule has 0 atom stereocenters. The zero-order chi connectivity index (χ0) is 23.6. The van der Waals surface area contributed by atoms with Crippen LogP contribution in [0.25, 0.3) is 0 Å². The first-order valence-corrected chi connectivity index (χ1v) is 12.5. The largest absolute Gasteiger partial charge is 0.461 e. The van der Waals surface area contributed by atoms with Crippen LogP contribution in [0.15, 0.2) is 47.2 Å². The molecule has 0 unspecified atom stereocenters. The number of rotatable bonds is 11. The quantitative estimate of drug-likeness (QED) is 0.320. The monoisotopic (exact) mass is 485 g/mol. The minimum absolute atomic E-state index is 0.0973. The van der Waals surface area contributed by atoms with Crippen molar-refractivity contribution in [1.82, 2.24) is 10.3 Å². The number of nitrogens with zero attached hydrogens (tertiary/aromatic N) is 2. The lowest BCUT2D eigenvalue weighted by Crippen LogP contribution is -2.33. The maximum atomic E-state index is 13.1. The van der Waals surface area contributed by atoms with Gasteiger partial charge in [0.15, 0.2) is 10.8 Å². The summed E-state index contributed by atoms with van der Waals surface area (Å²) >= 11 is 2.77. The molecule has 0 bridgehead atoms. The normalized spacial score (nSPS) is 10.6. The van der Waals surface area contributed by atoms with Gasteiger partial charge in [-0.05, 0) is 43.7 Å². The number of ether oxygens (including phenoxy) is 1. The number of aromatic nitrogens is 1. The minimum atomic E-state index is -0.482. The third-order valence-electron chi connectivity index (χ3n) is 4.89. The van der Waals surface area contributed by atoms with Gasteiger partial charge in [0.05, 0.1) is 6.61 Å². The molecule has 174 valence electrons. The van der Waals surface area contributed by atoms with Gasteiger partial charge in [0.1, 0.15) is 0 Å². The first kappa shape index (κ1) is 24.6. The number of thiophene rings is 1. The molecule has 2 amide bonds. The Balaban J connectivity index is 1.65. The van der Waals surface area contributed by atoms with Crippen molar-refractivity contribution in [3.63, 3.8) is 0 Å². The van der Waals surface area contributed by atoms with Crippen LogP contribution in [0.5, 0.6) is 0 Å². The average Bonchev–Trinajstić information content (AvgIpc) is 3.48. The molecular weight excluding hydrogens is 458 g/mol. The maximum absolute atomic E-state index is 13.1. The van der Waals surface area contributed by atoms with Crippen LogP contribution >= 0.6 is 22.7 Å². The molecule has 1 aromatic carbocycles. The summed E-state index contributed by atoms with van der Waals surface area (Å²) in [6, 6.07) is 11.7. The van der Waals surface area contributed by atoms with Crippen LogP contribution in [0.3, 0.4) is 0 Å². The van der Waals surface area contributed by atoms with E-state index in [9.17, 15) is 14.4 Å². The Hall–Kier alpha value is -3.04. The van der Waals surface area contributed by atoms with E-state index in [1.54, 1.807) is 30.2 Å². The summed E-state index contributed by atoms with van der Waals surface area (Å²) < 4.78 is 5.09. The summed E-state index contributed by atoms with van der Waals surface area (Å²) in [4.78, 5) is 44.2. The average molecular weight is 486 g/mol. The van der Waals surface area contributed by atoms with E-state index in [2.05, 4.69) is 10.3 Å². The molecule has 0 aliphatic heterocycles. The summed E-state index contributed by atoms with van der Waals surface area (Å²) in [7, 11) is 0. The lowest BCUT2D eigenvalue weighted by atomic mass is 10.1. The van der Waals surface area contributed by atoms with Gasteiger partial charge in [0.2, 0.25) is 5.91 Å². The topological polar surface area (TPSA) is 88.6 Å². The number of carbonyl (C=O) groups excluding carboxylic acids is 3. The first-order valence-electron chi connectivity index (χ1n) is 10.8. The van der Waals surface area contributed by atoms with Gasteiger partial charge >= 0.3 is 5.97 Å². The fraction of sp³-hybridized carbons (Fsp3) is 0.333. The van der Waals surface area contributed by atoms with Crippen LogP contribution in [0, 0.1) is 6.92 Å². The summed E-state index contributed by atoms with van der Waals surface area (Å²) in [6.45, 7) is 4.65. The molecule has 0 radical (unpaired) electrons. The van der Waals surface area contributed by atoms with Crippen molar-refractivity contribution in [3.8, 4) is 0 Å². The van der Waals surface area contributed by atoms with Gasteiger partial charge in [0.25, 0.3) is 5.91 Å². The highest BCUT2D eigenvalue weighted by molar-refractivity contribution is 7.16. The van der Waals surface area contributed by atoms with Crippen LogP contribution < -0.4 is 10.2 Å². The Kier molecular flexibility index (Phi) is 9.14. The number of thiazole rings is 1. The summed E-state index contributed by atoms with van der Waals surface area (Å²) in [5.74, 6) is -0.719. The fourth-order valence-electron chi connectivity index (χ4n) is 3.17. The maximum Gasteiger partial charge on any atom is 0.358 e. The van der Waals surface area contributed by atoms with E-state index < -0.39 is 5.97 Å². The molecule has 1 N–H and O–H groups in total. The third kappa shape index (κ3) is 6.97. The number of aryl methyl sites for hydroxylation is 1. The molecule has 2 aromatic heterocycles. The lowest BCUT2D eigenvalue weighted by Gasteiger charge is -2.20. The Labute approximate surface area is 201 Å². The predicted octanol–water partition coefficient (Wildman–Crippen LogP) is 4.48. The van der Waals surface area contributed by atoms with Crippen molar-refractivity contribution in [1.29, 1.82) is 0 Å². The van der Waals surface area contributed by atoms with Crippen molar-refractivity contribution < 1.29 is 19.1 Å². The second-order valence-corrected chi connectivity index (χ2v) is 9.24. The molecule has 7 nitrogen and oxygen atoms in total. The third-order valence-corrected chi connectivity index (χ3v) is 6.57. The molecular formula is C24H27N3O4S2. The van der Waals surface area contributed by atoms with Crippen molar-refractivity contribution >= 4 is 45.6 Å². The second kappa shape index (κ2) is 12.3. The number of esters is 1. The Morgan fingerprint density at radius 3 is 2.64 bits per heavy atom. The molecule has 0 saturated carbocycles. The zero-order valence-electron chi connectivity index (χ0n) is 18.7.